The van der Waals surface area contributed by atoms with Crippen LogP contribution in [0.15, 0.2) is 6.07 Å². The number of nitrogens with one attached hydrogen (secondary N) is 1. The van der Waals surface area contributed by atoms with Crippen molar-refractivity contribution in [1.29, 1.82) is 0 Å². The second kappa shape index (κ2) is 9.26. The lowest BCUT2D eigenvalue weighted by atomic mass is 10.0. The largest absolute Gasteiger partial charge is 0.378 e. The molecule has 1 N–H and O–H groups in total. The maximum atomic E-state index is 5.21. The van der Waals surface area contributed by atoms with Crippen molar-refractivity contribution < 1.29 is 4.74 Å². The van der Waals surface area contributed by atoms with Gasteiger partial charge in [0.15, 0.2) is 0 Å². The van der Waals surface area contributed by atoms with Crippen molar-refractivity contribution in [3.63, 3.8) is 0 Å². The minimum absolute atomic E-state index is 0.546. The van der Waals surface area contributed by atoms with Gasteiger partial charge >= 0.3 is 0 Å². The zero-order valence-corrected chi connectivity index (χ0v) is 14.0. The molecule has 0 saturated heterocycles. The third-order valence-corrected chi connectivity index (χ3v) is 5.04. The predicted molar refractivity (Wildman–Crippen MR) is 89.7 cm³/mol. The van der Waals surface area contributed by atoms with Crippen molar-refractivity contribution in [2.45, 2.75) is 63.1 Å². The van der Waals surface area contributed by atoms with E-state index in [-0.39, 0.29) is 0 Å². The van der Waals surface area contributed by atoms with Crippen LogP contribution < -0.4 is 5.32 Å². The van der Waals surface area contributed by atoms with E-state index < -0.39 is 0 Å². The summed E-state index contributed by atoms with van der Waals surface area (Å²) in [6, 6.07) is 1.99. The molecule has 1 aliphatic carbocycles. The highest BCUT2D eigenvalue weighted by atomic mass is 32.2. The van der Waals surface area contributed by atoms with E-state index in [1.807, 2.05) is 17.8 Å². The highest BCUT2D eigenvalue weighted by Gasteiger charge is 2.15. The van der Waals surface area contributed by atoms with Gasteiger partial charge in [0.2, 0.25) is 0 Å². The minimum atomic E-state index is 0.546. The lowest BCUT2D eigenvalue weighted by Crippen LogP contribution is -2.10. The van der Waals surface area contributed by atoms with Crippen LogP contribution in [-0.4, -0.2) is 28.9 Å². The topological polar surface area (TPSA) is 47.0 Å². The van der Waals surface area contributed by atoms with E-state index in [4.69, 9.17) is 4.74 Å². The van der Waals surface area contributed by atoms with Crippen molar-refractivity contribution in [3.05, 3.63) is 17.6 Å². The van der Waals surface area contributed by atoms with E-state index in [2.05, 4.69) is 22.2 Å². The molecule has 1 aromatic heterocycles. The second-order valence-electron chi connectivity index (χ2n) is 5.59. The Kier molecular flexibility index (Phi) is 7.30. The quantitative estimate of drug-likeness (QED) is 0.786. The summed E-state index contributed by atoms with van der Waals surface area (Å²) in [7, 11) is 1.71. The van der Waals surface area contributed by atoms with Crippen molar-refractivity contribution in [1.82, 2.24) is 9.97 Å². The van der Waals surface area contributed by atoms with Crippen LogP contribution in [0.3, 0.4) is 0 Å². The lowest BCUT2D eigenvalue weighted by molar-refractivity contribution is 0.181. The number of thioether (sulfide) groups is 1. The number of methoxy groups -OCH3 is 1. The standard InChI is InChI=1S/C16H27N3OS/c1-3-9-17-15-10-13(11-20-2)18-16(19-15)12-21-14-7-5-4-6-8-14/h10,14H,3-9,11-12H2,1-2H3,(H,17,18,19). The first-order valence-electron chi connectivity index (χ1n) is 8.03. The van der Waals surface area contributed by atoms with Crippen LogP contribution in [0.2, 0.25) is 0 Å². The molecule has 1 aromatic rings. The Morgan fingerprint density at radius 2 is 2.10 bits per heavy atom. The number of nitrogens with zero attached hydrogens (tertiary/aromatic N) is 2. The molecular weight excluding hydrogens is 282 g/mol. The summed E-state index contributed by atoms with van der Waals surface area (Å²) in [5.74, 6) is 2.76. The van der Waals surface area contributed by atoms with Crippen LogP contribution in [0.25, 0.3) is 0 Å². The molecule has 2 rings (SSSR count). The summed E-state index contributed by atoms with van der Waals surface area (Å²) in [5, 5.41) is 4.15. The van der Waals surface area contributed by atoms with Crippen LogP contribution in [0.5, 0.6) is 0 Å². The Morgan fingerprint density at radius 3 is 2.81 bits per heavy atom. The molecule has 0 atom stereocenters. The maximum absolute atomic E-state index is 5.21. The average molecular weight is 309 g/mol. The molecule has 118 valence electrons. The molecule has 0 aliphatic heterocycles. The van der Waals surface area contributed by atoms with Gasteiger partial charge in [-0.05, 0) is 19.3 Å². The number of ether oxygens (including phenoxy) is 1. The molecule has 0 spiro atoms. The number of aromatic nitrogens is 2. The smallest absolute Gasteiger partial charge is 0.140 e. The van der Waals surface area contributed by atoms with Gasteiger partial charge in [-0.1, -0.05) is 26.2 Å². The van der Waals surface area contributed by atoms with Crippen molar-refractivity contribution >= 4 is 17.6 Å². The number of hydrogen-bond acceptors (Lipinski definition) is 5. The van der Waals surface area contributed by atoms with Gasteiger partial charge in [-0.3, -0.25) is 0 Å². The predicted octanol–water partition coefficient (Wildman–Crippen LogP) is 4.01. The highest BCUT2D eigenvalue weighted by Crippen LogP contribution is 2.30. The Hall–Kier alpha value is -0.810. The van der Waals surface area contributed by atoms with Gasteiger partial charge in [-0.2, -0.15) is 11.8 Å². The first kappa shape index (κ1) is 16.6. The lowest BCUT2D eigenvalue weighted by Gasteiger charge is -2.20. The van der Waals surface area contributed by atoms with Gasteiger partial charge < -0.3 is 10.1 Å². The summed E-state index contributed by atoms with van der Waals surface area (Å²) in [6.07, 6.45) is 7.96. The SMILES string of the molecule is CCCNc1cc(COC)nc(CSC2CCCCC2)n1. The number of anilines is 1. The van der Waals surface area contributed by atoms with Crippen LogP contribution in [0.4, 0.5) is 5.82 Å². The Labute approximate surface area is 132 Å². The molecule has 1 heterocycles. The summed E-state index contributed by atoms with van der Waals surface area (Å²) >= 11 is 2.02. The molecule has 0 bridgehead atoms. The van der Waals surface area contributed by atoms with E-state index in [0.29, 0.717) is 6.61 Å². The van der Waals surface area contributed by atoms with Gasteiger partial charge in [-0.15, -0.1) is 0 Å². The van der Waals surface area contributed by atoms with Gasteiger partial charge in [0, 0.05) is 25.0 Å². The summed E-state index contributed by atoms with van der Waals surface area (Å²) in [6.45, 7) is 3.65. The van der Waals surface area contributed by atoms with Crippen molar-refractivity contribution in [2.75, 3.05) is 19.0 Å². The molecule has 0 radical (unpaired) electrons. The van der Waals surface area contributed by atoms with Crippen LogP contribution in [0.1, 0.15) is 57.0 Å². The van der Waals surface area contributed by atoms with E-state index in [1.165, 1.54) is 32.1 Å². The van der Waals surface area contributed by atoms with Gasteiger partial charge in [-0.25, -0.2) is 9.97 Å². The monoisotopic (exact) mass is 309 g/mol. The van der Waals surface area contributed by atoms with E-state index in [0.717, 1.165) is 41.3 Å². The molecule has 4 nitrogen and oxygen atoms in total. The normalized spacial score (nSPS) is 16.1. The fraction of sp³-hybridized carbons (Fsp3) is 0.750. The van der Waals surface area contributed by atoms with E-state index in [9.17, 15) is 0 Å². The third kappa shape index (κ3) is 5.83. The van der Waals surface area contributed by atoms with Crippen molar-refractivity contribution in [2.24, 2.45) is 0 Å². The minimum Gasteiger partial charge on any atom is -0.378 e. The molecule has 1 fully saturated rings. The molecule has 5 heteroatoms. The molecule has 1 aliphatic rings. The molecular formula is C16H27N3OS. The number of rotatable bonds is 8. The van der Waals surface area contributed by atoms with Crippen LogP contribution >= 0.6 is 11.8 Å². The maximum Gasteiger partial charge on any atom is 0.140 e. The molecule has 0 amide bonds. The molecule has 0 unspecified atom stereocenters. The first-order valence-corrected chi connectivity index (χ1v) is 9.08. The second-order valence-corrected chi connectivity index (χ2v) is 6.88. The van der Waals surface area contributed by atoms with Crippen LogP contribution in [-0.2, 0) is 17.1 Å². The first-order chi connectivity index (χ1) is 10.3. The fourth-order valence-corrected chi connectivity index (χ4v) is 3.79. The van der Waals surface area contributed by atoms with Gasteiger partial charge in [0.05, 0.1) is 18.1 Å². The van der Waals surface area contributed by atoms with E-state index >= 15 is 0 Å². The highest BCUT2D eigenvalue weighted by molar-refractivity contribution is 7.99. The average Bonchev–Trinajstić information content (AvgIpc) is 2.52. The molecule has 21 heavy (non-hydrogen) atoms. The van der Waals surface area contributed by atoms with Gasteiger partial charge in [0.25, 0.3) is 0 Å². The summed E-state index contributed by atoms with van der Waals surface area (Å²) in [4.78, 5) is 9.26. The van der Waals surface area contributed by atoms with Crippen molar-refractivity contribution in [3.8, 4) is 0 Å². The summed E-state index contributed by atoms with van der Waals surface area (Å²) < 4.78 is 5.21. The zero-order valence-electron chi connectivity index (χ0n) is 13.2. The van der Waals surface area contributed by atoms with E-state index in [1.54, 1.807) is 7.11 Å². The third-order valence-electron chi connectivity index (χ3n) is 3.67. The Morgan fingerprint density at radius 1 is 1.29 bits per heavy atom. The molecule has 1 saturated carbocycles. The Bertz CT molecular complexity index is 422. The van der Waals surface area contributed by atoms with Gasteiger partial charge in [0.1, 0.15) is 11.6 Å². The summed E-state index contributed by atoms with van der Waals surface area (Å²) in [5.41, 5.74) is 0.963. The molecule has 0 aromatic carbocycles. The fourth-order valence-electron chi connectivity index (χ4n) is 2.61. The Balaban J connectivity index is 1.96. The van der Waals surface area contributed by atoms with Crippen LogP contribution in [0, 0.1) is 0 Å². The zero-order chi connectivity index (χ0) is 14.9. The number of hydrogen-bond donors (Lipinski definition) is 1.